The predicted octanol–water partition coefficient (Wildman–Crippen LogP) is 2.52. The van der Waals surface area contributed by atoms with Crippen molar-refractivity contribution in [3.8, 4) is 12.1 Å². The minimum Gasteiger partial charge on any atom is -0.259 e. The Hall–Kier alpha value is -2.92. The van der Waals surface area contributed by atoms with Crippen molar-refractivity contribution in [3.63, 3.8) is 0 Å². The van der Waals surface area contributed by atoms with Crippen molar-refractivity contribution >= 4 is 6.08 Å². The van der Waals surface area contributed by atoms with E-state index in [1.807, 2.05) is 18.2 Å². The molecule has 0 amide bonds. The smallest absolute Gasteiger partial charge is 0.235 e. The molecule has 1 aromatic carbocycles. The quantitative estimate of drug-likeness (QED) is 0.441. The van der Waals surface area contributed by atoms with Crippen LogP contribution in [0, 0.1) is 32.8 Å². The summed E-state index contributed by atoms with van der Waals surface area (Å²) in [4.78, 5) is 9.41. The molecule has 0 heterocycles. The van der Waals surface area contributed by atoms with E-state index in [4.69, 9.17) is 10.5 Å². The van der Waals surface area contributed by atoms with Crippen LogP contribution in [0.5, 0.6) is 0 Å². The molecule has 5 heteroatoms. The van der Waals surface area contributed by atoms with Crippen molar-refractivity contribution in [2.75, 3.05) is 0 Å². The van der Waals surface area contributed by atoms with E-state index in [2.05, 4.69) is 0 Å². The average Bonchev–Trinajstić information content (AvgIpc) is 2.36. The van der Waals surface area contributed by atoms with Crippen LogP contribution in [-0.2, 0) is 0 Å². The summed E-state index contributed by atoms with van der Waals surface area (Å²) in [7, 11) is 0. The Kier molecular flexibility index (Phi) is 7.97. The van der Waals surface area contributed by atoms with Gasteiger partial charge in [-0.15, -0.1) is 0 Å². The highest BCUT2D eigenvalue weighted by atomic mass is 16.6. The Morgan fingerprint density at radius 1 is 1.12 bits per heavy atom. The lowest BCUT2D eigenvalue weighted by molar-refractivity contribution is -0.400. The molecular weight excluding hydrogens is 218 g/mol. The summed E-state index contributed by atoms with van der Waals surface area (Å²) in [5.41, 5.74) is 0.837. The normalized spacial score (nSPS) is 9.06. The van der Waals surface area contributed by atoms with E-state index in [-0.39, 0.29) is 0 Å². The maximum Gasteiger partial charge on any atom is 0.235 e. The van der Waals surface area contributed by atoms with Gasteiger partial charge in [0.05, 0.1) is 17.1 Å². The molecule has 17 heavy (non-hydrogen) atoms. The summed E-state index contributed by atoms with van der Waals surface area (Å²) in [6, 6.07) is 12.5. The third-order valence-corrected chi connectivity index (χ3v) is 1.42. The molecule has 0 atom stereocenters. The maximum atomic E-state index is 9.89. The van der Waals surface area contributed by atoms with Crippen molar-refractivity contribution in [2.24, 2.45) is 0 Å². The zero-order valence-corrected chi connectivity index (χ0v) is 8.85. The molecule has 0 bridgehead atoms. The second-order valence-corrected chi connectivity index (χ2v) is 2.60. The second kappa shape index (κ2) is 9.63. The van der Waals surface area contributed by atoms with Crippen molar-refractivity contribution in [1.29, 1.82) is 10.5 Å². The molecule has 84 valence electrons. The van der Waals surface area contributed by atoms with Crippen molar-refractivity contribution in [2.45, 2.75) is 0 Å². The highest BCUT2D eigenvalue weighted by molar-refractivity contribution is 5.47. The van der Waals surface area contributed by atoms with Gasteiger partial charge in [-0.25, -0.2) is 0 Å². The Balaban J connectivity index is 0.000000366. The molecule has 0 saturated heterocycles. The van der Waals surface area contributed by atoms with Crippen molar-refractivity contribution in [3.05, 3.63) is 64.4 Å². The first-order valence-electron chi connectivity index (χ1n) is 4.51. The SMILES string of the molecule is N#CC=CC#N.O=[N+]([O-])C=Cc1ccccc1. The molecule has 1 rings (SSSR count). The number of hydrogen-bond donors (Lipinski definition) is 0. The van der Waals surface area contributed by atoms with Gasteiger partial charge in [0.2, 0.25) is 6.20 Å². The zero-order chi connectivity index (χ0) is 12.9. The topological polar surface area (TPSA) is 90.7 Å². The zero-order valence-electron chi connectivity index (χ0n) is 8.85. The Morgan fingerprint density at radius 2 is 1.65 bits per heavy atom. The number of nitriles is 2. The van der Waals surface area contributed by atoms with E-state index < -0.39 is 4.92 Å². The monoisotopic (exact) mass is 227 g/mol. The van der Waals surface area contributed by atoms with Gasteiger partial charge in [0.25, 0.3) is 0 Å². The second-order valence-electron chi connectivity index (χ2n) is 2.60. The van der Waals surface area contributed by atoms with Crippen molar-refractivity contribution in [1.82, 2.24) is 0 Å². The standard InChI is InChI=1S/C8H7NO2.C4H2N2/c10-9(11)7-6-8-4-2-1-3-5-8;5-3-1-2-4-6/h1-7H;1-2H. The first-order chi connectivity index (χ1) is 8.20. The largest absolute Gasteiger partial charge is 0.259 e. The predicted molar refractivity (Wildman–Crippen MR) is 62.8 cm³/mol. The molecule has 1 aromatic rings. The fourth-order valence-electron chi connectivity index (χ4n) is 0.786. The molecule has 0 N–H and O–H groups in total. The lowest BCUT2D eigenvalue weighted by atomic mass is 10.2. The van der Waals surface area contributed by atoms with Gasteiger partial charge in [0.1, 0.15) is 0 Å². The minimum atomic E-state index is -0.479. The molecular formula is C12H9N3O2. The van der Waals surface area contributed by atoms with Crippen molar-refractivity contribution < 1.29 is 4.92 Å². The summed E-state index contributed by atoms with van der Waals surface area (Å²) in [5.74, 6) is 0. The summed E-state index contributed by atoms with van der Waals surface area (Å²) in [6.07, 6.45) is 4.63. The van der Waals surface area contributed by atoms with Crippen LogP contribution in [0.25, 0.3) is 6.08 Å². The van der Waals surface area contributed by atoms with Gasteiger partial charge in [-0.3, -0.25) is 10.1 Å². The molecule has 0 aromatic heterocycles. The van der Waals surface area contributed by atoms with Crippen LogP contribution in [-0.4, -0.2) is 4.92 Å². The van der Waals surface area contributed by atoms with Gasteiger partial charge in [-0.05, 0) is 5.56 Å². The van der Waals surface area contributed by atoms with E-state index in [9.17, 15) is 10.1 Å². The van der Waals surface area contributed by atoms with Crippen LogP contribution >= 0.6 is 0 Å². The molecule has 0 aliphatic rings. The third-order valence-electron chi connectivity index (χ3n) is 1.42. The molecule has 0 unspecified atom stereocenters. The lowest BCUT2D eigenvalue weighted by Gasteiger charge is -1.86. The van der Waals surface area contributed by atoms with Crippen LogP contribution in [0.2, 0.25) is 0 Å². The lowest BCUT2D eigenvalue weighted by Crippen LogP contribution is -1.81. The molecule has 0 fully saturated rings. The Morgan fingerprint density at radius 3 is 2.06 bits per heavy atom. The maximum absolute atomic E-state index is 9.89. The Bertz CT molecular complexity index is 463. The van der Waals surface area contributed by atoms with Crippen LogP contribution in [0.15, 0.2) is 48.7 Å². The first-order valence-corrected chi connectivity index (χ1v) is 4.51. The summed E-state index contributed by atoms with van der Waals surface area (Å²) in [6.45, 7) is 0. The molecule has 0 aliphatic carbocycles. The first kappa shape index (κ1) is 14.1. The molecule has 0 saturated carbocycles. The number of rotatable bonds is 2. The number of benzene rings is 1. The number of nitrogens with zero attached hydrogens (tertiary/aromatic N) is 3. The van der Waals surface area contributed by atoms with Gasteiger partial charge < -0.3 is 0 Å². The summed E-state index contributed by atoms with van der Waals surface area (Å²) < 4.78 is 0. The molecule has 0 radical (unpaired) electrons. The number of hydrogen-bond acceptors (Lipinski definition) is 4. The number of nitro groups is 1. The Labute approximate surface area is 98.7 Å². The third kappa shape index (κ3) is 9.39. The van der Waals surface area contributed by atoms with Gasteiger partial charge in [0, 0.05) is 18.2 Å². The highest BCUT2D eigenvalue weighted by Crippen LogP contribution is 1.99. The van der Waals surface area contributed by atoms with Crippen LogP contribution in [0.1, 0.15) is 5.56 Å². The highest BCUT2D eigenvalue weighted by Gasteiger charge is 1.86. The molecule has 5 nitrogen and oxygen atoms in total. The van der Waals surface area contributed by atoms with Crippen LogP contribution in [0.3, 0.4) is 0 Å². The minimum absolute atomic E-state index is 0.479. The van der Waals surface area contributed by atoms with Gasteiger partial charge in [-0.1, -0.05) is 30.3 Å². The van der Waals surface area contributed by atoms with Gasteiger partial charge >= 0.3 is 0 Å². The van der Waals surface area contributed by atoms with Crippen LogP contribution < -0.4 is 0 Å². The van der Waals surface area contributed by atoms with E-state index in [1.165, 1.54) is 6.08 Å². The summed E-state index contributed by atoms with van der Waals surface area (Å²) >= 11 is 0. The van der Waals surface area contributed by atoms with E-state index in [1.54, 1.807) is 24.3 Å². The van der Waals surface area contributed by atoms with E-state index in [0.717, 1.165) is 23.9 Å². The van der Waals surface area contributed by atoms with E-state index in [0.29, 0.717) is 0 Å². The fourth-order valence-corrected chi connectivity index (χ4v) is 0.786. The van der Waals surface area contributed by atoms with Crippen LogP contribution in [0.4, 0.5) is 0 Å². The van der Waals surface area contributed by atoms with E-state index >= 15 is 0 Å². The summed E-state index contributed by atoms with van der Waals surface area (Å²) in [5, 5.41) is 25.3. The molecule has 0 spiro atoms. The fraction of sp³-hybridized carbons (Fsp3) is 0. The van der Waals surface area contributed by atoms with Gasteiger partial charge in [-0.2, -0.15) is 10.5 Å². The average molecular weight is 227 g/mol. The van der Waals surface area contributed by atoms with Gasteiger partial charge in [0.15, 0.2) is 0 Å². The molecule has 0 aliphatic heterocycles. The number of allylic oxidation sites excluding steroid dienone is 2.